The zero-order chi connectivity index (χ0) is 14.8. The molecule has 0 radical (unpaired) electrons. The average molecular weight is 286 g/mol. The molecular weight excluding hydrogens is 260 g/mol. The van der Waals surface area contributed by atoms with Gasteiger partial charge in [-0.05, 0) is 25.8 Å². The Morgan fingerprint density at radius 2 is 1.75 bits per heavy atom. The summed E-state index contributed by atoms with van der Waals surface area (Å²) in [4.78, 5) is 14.5. The highest BCUT2D eigenvalue weighted by atomic mass is 16.5. The van der Waals surface area contributed by atoms with Gasteiger partial charge in [0.1, 0.15) is 5.54 Å². The van der Waals surface area contributed by atoms with Crippen LogP contribution in [0.5, 0.6) is 0 Å². The first-order chi connectivity index (χ1) is 9.61. The van der Waals surface area contributed by atoms with Crippen molar-refractivity contribution in [2.75, 3.05) is 48.0 Å². The van der Waals surface area contributed by atoms with Crippen LogP contribution in [0.4, 0.5) is 0 Å². The molecule has 116 valence electrons. The lowest BCUT2D eigenvalue weighted by molar-refractivity contribution is -0.150. The zero-order valence-corrected chi connectivity index (χ0v) is 12.8. The monoisotopic (exact) mass is 286 g/mol. The molecule has 3 atom stereocenters. The van der Waals surface area contributed by atoms with Gasteiger partial charge >= 0.3 is 5.97 Å². The van der Waals surface area contributed by atoms with Crippen molar-refractivity contribution in [1.29, 1.82) is 0 Å². The number of hydrogen-bond acceptors (Lipinski definition) is 6. The van der Waals surface area contributed by atoms with E-state index in [4.69, 9.17) is 14.2 Å². The second kappa shape index (κ2) is 6.39. The van der Waals surface area contributed by atoms with E-state index in [-0.39, 0.29) is 18.2 Å². The summed E-state index contributed by atoms with van der Waals surface area (Å²) >= 11 is 0. The molecule has 20 heavy (non-hydrogen) atoms. The van der Waals surface area contributed by atoms with Gasteiger partial charge in [-0.1, -0.05) is 0 Å². The Balaban J connectivity index is 2.07. The Labute approximate surface area is 120 Å². The third-order valence-corrected chi connectivity index (χ3v) is 4.64. The van der Waals surface area contributed by atoms with E-state index in [2.05, 4.69) is 10.2 Å². The lowest BCUT2D eigenvalue weighted by Crippen LogP contribution is -2.59. The Kier molecular flexibility index (Phi) is 5.01. The van der Waals surface area contributed by atoms with Gasteiger partial charge in [-0.15, -0.1) is 0 Å². The maximum Gasteiger partial charge on any atom is 0.327 e. The summed E-state index contributed by atoms with van der Waals surface area (Å²) in [5.74, 6) is 0.194. The number of ether oxygens (including phenoxy) is 3. The van der Waals surface area contributed by atoms with Crippen molar-refractivity contribution >= 4 is 5.97 Å². The van der Waals surface area contributed by atoms with Crippen LogP contribution in [0.15, 0.2) is 0 Å². The van der Waals surface area contributed by atoms with E-state index in [0.29, 0.717) is 12.5 Å². The molecule has 0 bridgehead atoms. The van der Waals surface area contributed by atoms with Crippen molar-refractivity contribution in [2.24, 2.45) is 5.92 Å². The summed E-state index contributed by atoms with van der Waals surface area (Å²) in [6.45, 7) is 2.20. The molecular formula is C14H26N2O4. The largest absolute Gasteiger partial charge is 0.468 e. The lowest BCUT2D eigenvalue weighted by Gasteiger charge is -2.34. The third kappa shape index (κ3) is 2.83. The van der Waals surface area contributed by atoms with Crippen LogP contribution in [0.2, 0.25) is 0 Å². The number of likely N-dealkylation sites (tertiary alicyclic amines) is 1. The van der Waals surface area contributed by atoms with Gasteiger partial charge in [0.15, 0.2) is 0 Å². The standard InChI is InChI=1S/C14H26N2O4/c1-15-14(10-5-6-10,13(17)20-4)9-16-7-11(18-2)12(8-16)19-3/h10-12,15H,5-9H2,1-4H3. The number of rotatable bonds is 7. The second-order valence-electron chi connectivity index (χ2n) is 5.73. The number of carbonyl (C=O) groups excluding carboxylic acids is 1. The minimum Gasteiger partial charge on any atom is -0.468 e. The number of nitrogens with one attached hydrogen (secondary N) is 1. The van der Waals surface area contributed by atoms with Gasteiger partial charge < -0.3 is 19.5 Å². The highest BCUT2D eigenvalue weighted by molar-refractivity contribution is 5.82. The molecule has 1 aliphatic heterocycles. The first kappa shape index (κ1) is 15.7. The van der Waals surface area contributed by atoms with Gasteiger partial charge in [-0.2, -0.15) is 0 Å². The first-order valence-electron chi connectivity index (χ1n) is 7.16. The molecule has 1 N–H and O–H groups in total. The minimum atomic E-state index is -0.602. The fourth-order valence-electron chi connectivity index (χ4n) is 3.26. The van der Waals surface area contributed by atoms with Crippen molar-refractivity contribution < 1.29 is 19.0 Å². The molecule has 6 nitrogen and oxygen atoms in total. The molecule has 1 aliphatic carbocycles. The van der Waals surface area contributed by atoms with Crippen LogP contribution in [0.25, 0.3) is 0 Å². The highest BCUT2D eigenvalue weighted by Gasteiger charge is 2.52. The van der Waals surface area contributed by atoms with Crippen molar-refractivity contribution in [2.45, 2.75) is 30.6 Å². The SMILES string of the molecule is CNC(CN1CC(OC)C(OC)C1)(C(=O)OC)C1CC1. The quantitative estimate of drug-likeness (QED) is 0.658. The van der Waals surface area contributed by atoms with E-state index in [1.807, 2.05) is 7.05 Å². The Hall–Kier alpha value is -0.690. The molecule has 6 heteroatoms. The Bertz CT molecular complexity index is 336. The number of nitrogens with zero attached hydrogens (tertiary/aromatic N) is 1. The number of carbonyl (C=O) groups is 1. The maximum atomic E-state index is 12.3. The summed E-state index contributed by atoms with van der Waals surface area (Å²) in [6.07, 6.45) is 2.27. The van der Waals surface area contributed by atoms with Crippen LogP contribution in [0.3, 0.4) is 0 Å². The molecule has 2 rings (SSSR count). The molecule has 0 spiro atoms. The summed E-state index contributed by atoms with van der Waals surface area (Å²) in [5, 5.41) is 3.22. The van der Waals surface area contributed by atoms with Gasteiger partial charge in [0.05, 0.1) is 19.3 Å². The van der Waals surface area contributed by atoms with Crippen molar-refractivity contribution in [1.82, 2.24) is 10.2 Å². The Morgan fingerprint density at radius 3 is 2.10 bits per heavy atom. The van der Waals surface area contributed by atoms with E-state index in [1.165, 1.54) is 7.11 Å². The van der Waals surface area contributed by atoms with E-state index >= 15 is 0 Å². The van der Waals surface area contributed by atoms with Crippen LogP contribution in [-0.4, -0.2) is 76.6 Å². The van der Waals surface area contributed by atoms with Gasteiger partial charge in [0, 0.05) is 33.9 Å². The topological polar surface area (TPSA) is 60.0 Å². The molecule has 1 heterocycles. The molecule has 1 saturated carbocycles. The number of likely N-dealkylation sites (N-methyl/N-ethyl adjacent to an activating group) is 1. The van der Waals surface area contributed by atoms with Crippen LogP contribution in [0.1, 0.15) is 12.8 Å². The molecule has 2 aliphatic rings. The van der Waals surface area contributed by atoms with Gasteiger partial charge in [0.2, 0.25) is 0 Å². The second-order valence-corrected chi connectivity index (χ2v) is 5.73. The van der Waals surface area contributed by atoms with E-state index in [1.54, 1.807) is 14.2 Å². The maximum absolute atomic E-state index is 12.3. The van der Waals surface area contributed by atoms with Crippen LogP contribution >= 0.6 is 0 Å². The summed E-state index contributed by atoms with van der Waals surface area (Å²) in [6, 6.07) is 0. The lowest BCUT2D eigenvalue weighted by atomic mass is 9.92. The molecule has 1 saturated heterocycles. The highest BCUT2D eigenvalue weighted by Crippen LogP contribution is 2.41. The number of esters is 1. The predicted octanol–water partition coefficient (Wildman–Crippen LogP) is -0.127. The summed E-state index contributed by atoms with van der Waals surface area (Å²) < 4.78 is 15.9. The van der Waals surface area contributed by atoms with Gasteiger partial charge in [-0.25, -0.2) is 4.79 Å². The molecule has 0 aromatic carbocycles. The van der Waals surface area contributed by atoms with Crippen molar-refractivity contribution in [3.8, 4) is 0 Å². The van der Waals surface area contributed by atoms with Crippen molar-refractivity contribution in [3.63, 3.8) is 0 Å². The van der Waals surface area contributed by atoms with E-state index < -0.39 is 5.54 Å². The summed E-state index contributed by atoms with van der Waals surface area (Å²) in [7, 11) is 6.70. The van der Waals surface area contributed by atoms with Crippen LogP contribution in [0, 0.1) is 5.92 Å². The van der Waals surface area contributed by atoms with Gasteiger partial charge in [-0.3, -0.25) is 4.90 Å². The third-order valence-electron chi connectivity index (χ3n) is 4.64. The van der Waals surface area contributed by atoms with E-state index in [9.17, 15) is 4.79 Å². The summed E-state index contributed by atoms with van der Waals surface area (Å²) in [5.41, 5.74) is -0.602. The number of methoxy groups -OCH3 is 3. The molecule has 0 aromatic heterocycles. The average Bonchev–Trinajstić information content (AvgIpc) is 3.25. The minimum absolute atomic E-state index is 0.0615. The Morgan fingerprint density at radius 1 is 1.20 bits per heavy atom. The van der Waals surface area contributed by atoms with Crippen LogP contribution < -0.4 is 5.32 Å². The fourth-order valence-corrected chi connectivity index (χ4v) is 3.26. The number of hydrogen-bond donors (Lipinski definition) is 1. The predicted molar refractivity (Wildman–Crippen MR) is 74.6 cm³/mol. The fraction of sp³-hybridized carbons (Fsp3) is 0.929. The molecule has 2 fully saturated rings. The molecule has 0 aromatic rings. The normalized spacial score (nSPS) is 30.2. The molecule has 3 unspecified atom stereocenters. The first-order valence-corrected chi connectivity index (χ1v) is 7.16. The van der Waals surface area contributed by atoms with Gasteiger partial charge in [0.25, 0.3) is 0 Å². The zero-order valence-electron chi connectivity index (χ0n) is 12.8. The van der Waals surface area contributed by atoms with Crippen molar-refractivity contribution in [3.05, 3.63) is 0 Å². The smallest absolute Gasteiger partial charge is 0.327 e. The molecule has 0 amide bonds. The van der Waals surface area contributed by atoms with Crippen LogP contribution in [-0.2, 0) is 19.0 Å². The van der Waals surface area contributed by atoms with E-state index in [0.717, 1.165) is 25.9 Å².